The fourth-order valence-corrected chi connectivity index (χ4v) is 2.84. The van der Waals surface area contributed by atoms with E-state index in [1.54, 1.807) is 6.20 Å². The van der Waals surface area contributed by atoms with Crippen LogP contribution in [0.1, 0.15) is 5.01 Å². The van der Waals surface area contributed by atoms with Crippen molar-refractivity contribution in [3.05, 3.63) is 38.2 Å². The van der Waals surface area contributed by atoms with Crippen LogP contribution in [-0.2, 0) is 6.54 Å². The summed E-state index contributed by atoms with van der Waals surface area (Å²) in [5.74, 6) is 0. The summed E-state index contributed by atoms with van der Waals surface area (Å²) in [6.07, 6.45) is 1.68. The van der Waals surface area contributed by atoms with E-state index in [-0.39, 0.29) is 0 Å². The first-order valence-corrected chi connectivity index (χ1v) is 7.36. The van der Waals surface area contributed by atoms with E-state index >= 15 is 0 Å². The van der Waals surface area contributed by atoms with Gasteiger partial charge in [0.2, 0.25) is 0 Å². The first-order chi connectivity index (χ1) is 8.56. The van der Waals surface area contributed by atoms with E-state index in [1.807, 2.05) is 20.2 Å². The molecule has 1 heterocycles. The van der Waals surface area contributed by atoms with E-state index in [2.05, 4.69) is 43.3 Å². The number of nitrogens with zero attached hydrogens (tertiary/aromatic N) is 2. The van der Waals surface area contributed by atoms with Crippen LogP contribution in [0.25, 0.3) is 0 Å². The third-order valence-corrected chi connectivity index (χ3v) is 4.00. The monoisotopic (exact) mass is 345 g/mol. The van der Waals surface area contributed by atoms with Gasteiger partial charge >= 0.3 is 0 Å². The lowest BCUT2D eigenvalue weighted by molar-refractivity contribution is 1.08. The number of nitrogens with one attached hydrogen (secondary N) is 1. The SMILES string of the molecule is CN(C)c1ccc(Br)cc1NCc1ncc(Cl)s1. The van der Waals surface area contributed by atoms with Crippen molar-refractivity contribution in [2.75, 3.05) is 24.3 Å². The van der Waals surface area contributed by atoms with Gasteiger partial charge < -0.3 is 10.2 Å². The third kappa shape index (κ3) is 3.37. The van der Waals surface area contributed by atoms with Gasteiger partial charge in [0.05, 0.1) is 24.1 Å². The Hall–Kier alpha value is -0.780. The Morgan fingerprint density at radius 2 is 2.22 bits per heavy atom. The molecule has 2 rings (SSSR count). The van der Waals surface area contributed by atoms with Crippen LogP contribution in [0.3, 0.4) is 0 Å². The van der Waals surface area contributed by atoms with Gasteiger partial charge in [-0.3, -0.25) is 0 Å². The molecule has 0 saturated carbocycles. The summed E-state index contributed by atoms with van der Waals surface area (Å²) < 4.78 is 1.77. The van der Waals surface area contributed by atoms with Crippen molar-refractivity contribution >= 4 is 50.2 Å². The van der Waals surface area contributed by atoms with Crippen molar-refractivity contribution < 1.29 is 0 Å². The molecule has 0 spiro atoms. The van der Waals surface area contributed by atoms with Crippen molar-refractivity contribution in [3.63, 3.8) is 0 Å². The highest BCUT2D eigenvalue weighted by atomic mass is 79.9. The second-order valence-corrected chi connectivity index (χ2v) is 6.63. The second-order valence-electron chi connectivity index (χ2n) is 3.97. The molecule has 0 fully saturated rings. The van der Waals surface area contributed by atoms with Gasteiger partial charge in [-0.1, -0.05) is 27.5 Å². The number of hydrogen-bond acceptors (Lipinski definition) is 4. The highest BCUT2D eigenvalue weighted by Crippen LogP contribution is 2.29. The van der Waals surface area contributed by atoms with Gasteiger partial charge in [0.1, 0.15) is 9.34 Å². The lowest BCUT2D eigenvalue weighted by Gasteiger charge is -2.18. The van der Waals surface area contributed by atoms with E-state index in [4.69, 9.17) is 11.6 Å². The van der Waals surface area contributed by atoms with E-state index in [1.165, 1.54) is 11.3 Å². The summed E-state index contributed by atoms with van der Waals surface area (Å²) in [5, 5.41) is 4.36. The molecule has 1 aromatic carbocycles. The third-order valence-electron chi connectivity index (χ3n) is 2.40. The fraction of sp³-hybridized carbons (Fsp3) is 0.250. The average Bonchev–Trinajstić information content (AvgIpc) is 2.72. The molecular formula is C12H13BrClN3S. The summed E-state index contributed by atoms with van der Waals surface area (Å²) >= 11 is 10.8. The van der Waals surface area contributed by atoms with E-state index < -0.39 is 0 Å². The van der Waals surface area contributed by atoms with Crippen LogP contribution in [0.5, 0.6) is 0 Å². The molecule has 1 N–H and O–H groups in total. The molecule has 0 radical (unpaired) electrons. The number of hydrogen-bond donors (Lipinski definition) is 1. The van der Waals surface area contributed by atoms with Gasteiger partial charge in [-0.15, -0.1) is 11.3 Å². The molecule has 6 heteroatoms. The quantitative estimate of drug-likeness (QED) is 0.897. The van der Waals surface area contributed by atoms with Crippen LogP contribution in [-0.4, -0.2) is 19.1 Å². The van der Waals surface area contributed by atoms with Crippen LogP contribution in [0.4, 0.5) is 11.4 Å². The summed E-state index contributed by atoms with van der Waals surface area (Å²) in [6.45, 7) is 0.675. The second kappa shape index (κ2) is 5.91. The highest BCUT2D eigenvalue weighted by Gasteiger charge is 2.06. The van der Waals surface area contributed by atoms with Gasteiger partial charge in [0.15, 0.2) is 0 Å². The number of halogens is 2. The first kappa shape index (κ1) is 13.6. The number of thiazole rings is 1. The minimum Gasteiger partial charge on any atom is -0.377 e. The zero-order valence-corrected chi connectivity index (χ0v) is 13.2. The molecule has 0 aliphatic rings. The molecule has 0 aliphatic heterocycles. The maximum absolute atomic E-state index is 5.86. The van der Waals surface area contributed by atoms with Gasteiger partial charge in [0.25, 0.3) is 0 Å². The number of rotatable bonds is 4. The van der Waals surface area contributed by atoms with Gasteiger partial charge in [-0.05, 0) is 18.2 Å². The van der Waals surface area contributed by atoms with Gasteiger partial charge in [-0.2, -0.15) is 0 Å². The van der Waals surface area contributed by atoms with E-state index in [0.717, 1.165) is 20.9 Å². The lowest BCUT2D eigenvalue weighted by atomic mass is 10.2. The Bertz CT molecular complexity index is 542. The Morgan fingerprint density at radius 3 is 2.83 bits per heavy atom. The van der Waals surface area contributed by atoms with Gasteiger partial charge in [0, 0.05) is 18.6 Å². The molecule has 2 aromatic rings. The maximum atomic E-state index is 5.86. The fourth-order valence-electron chi connectivity index (χ4n) is 1.58. The summed E-state index contributed by atoms with van der Waals surface area (Å²) in [6, 6.07) is 6.16. The van der Waals surface area contributed by atoms with Crippen molar-refractivity contribution in [1.82, 2.24) is 4.98 Å². The zero-order valence-electron chi connectivity index (χ0n) is 10.1. The predicted octanol–water partition coefficient (Wildman–Crippen LogP) is 4.24. The largest absolute Gasteiger partial charge is 0.377 e. The molecular weight excluding hydrogens is 334 g/mol. The molecule has 18 heavy (non-hydrogen) atoms. The standard InChI is InChI=1S/C12H13BrClN3S/c1-17(2)10-4-3-8(13)5-9(10)15-7-12-16-6-11(14)18-12/h3-6,15H,7H2,1-2H3. The summed E-state index contributed by atoms with van der Waals surface area (Å²) in [7, 11) is 4.04. The Morgan fingerprint density at radius 1 is 1.44 bits per heavy atom. The minimum absolute atomic E-state index is 0.675. The van der Waals surface area contributed by atoms with Crippen molar-refractivity contribution in [1.29, 1.82) is 0 Å². The Balaban J connectivity index is 2.15. The van der Waals surface area contributed by atoms with Crippen molar-refractivity contribution in [2.24, 2.45) is 0 Å². The molecule has 0 aliphatic carbocycles. The van der Waals surface area contributed by atoms with Crippen LogP contribution in [0.15, 0.2) is 28.9 Å². The topological polar surface area (TPSA) is 28.2 Å². The molecule has 0 atom stereocenters. The highest BCUT2D eigenvalue weighted by molar-refractivity contribution is 9.10. The molecule has 0 bridgehead atoms. The zero-order chi connectivity index (χ0) is 13.1. The summed E-state index contributed by atoms with van der Waals surface area (Å²) in [4.78, 5) is 6.30. The van der Waals surface area contributed by atoms with E-state index in [9.17, 15) is 0 Å². The average molecular weight is 347 g/mol. The molecule has 0 saturated heterocycles. The molecule has 3 nitrogen and oxygen atoms in total. The molecule has 0 amide bonds. The first-order valence-electron chi connectivity index (χ1n) is 5.37. The van der Waals surface area contributed by atoms with Crippen LogP contribution >= 0.6 is 38.9 Å². The van der Waals surface area contributed by atoms with Crippen LogP contribution < -0.4 is 10.2 Å². The number of aromatic nitrogens is 1. The van der Waals surface area contributed by atoms with Crippen molar-refractivity contribution in [3.8, 4) is 0 Å². The molecule has 1 aromatic heterocycles. The molecule has 0 unspecified atom stereocenters. The maximum Gasteiger partial charge on any atom is 0.113 e. The Labute approximate surface area is 124 Å². The smallest absolute Gasteiger partial charge is 0.113 e. The number of benzene rings is 1. The normalized spacial score (nSPS) is 10.4. The predicted molar refractivity (Wildman–Crippen MR) is 82.9 cm³/mol. The van der Waals surface area contributed by atoms with Crippen molar-refractivity contribution in [2.45, 2.75) is 6.54 Å². The van der Waals surface area contributed by atoms with E-state index in [0.29, 0.717) is 10.9 Å². The number of anilines is 2. The summed E-state index contributed by atoms with van der Waals surface area (Å²) in [5.41, 5.74) is 2.21. The Kier molecular flexibility index (Phi) is 4.48. The van der Waals surface area contributed by atoms with Gasteiger partial charge in [-0.25, -0.2) is 4.98 Å². The van der Waals surface area contributed by atoms with Crippen LogP contribution in [0, 0.1) is 0 Å². The molecule has 96 valence electrons. The van der Waals surface area contributed by atoms with Crippen LogP contribution in [0.2, 0.25) is 4.34 Å². The minimum atomic E-state index is 0.675. The lowest BCUT2D eigenvalue weighted by Crippen LogP contribution is -2.12.